The first-order valence-corrected chi connectivity index (χ1v) is 9.67. The number of aliphatic imine (C=N–C) groups is 1. The monoisotopic (exact) mass is 377 g/mol. The van der Waals surface area contributed by atoms with E-state index in [1.54, 1.807) is 7.11 Å². The number of benzene rings is 1. The molecule has 1 amide bonds. The van der Waals surface area contributed by atoms with Gasteiger partial charge in [0, 0.05) is 52.0 Å². The van der Waals surface area contributed by atoms with Crippen LogP contribution in [0.5, 0.6) is 0 Å². The van der Waals surface area contributed by atoms with Crippen LogP contribution in [-0.2, 0) is 11.3 Å². The van der Waals surface area contributed by atoms with Gasteiger partial charge < -0.3 is 25.6 Å². The summed E-state index contributed by atoms with van der Waals surface area (Å²) in [7, 11) is 3.84. The van der Waals surface area contributed by atoms with Crippen molar-refractivity contribution in [1.82, 2.24) is 20.9 Å². The number of guanidine groups is 1. The molecule has 1 rings (SSSR count). The van der Waals surface area contributed by atoms with Crippen LogP contribution in [0.1, 0.15) is 36.2 Å². The molecule has 0 radical (unpaired) electrons. The number of likely N-dealkylation sites (N-methyl/N-ethyl adjacent to an activating group) is 1. The van der Waals surface area contributed by atoms with Gasteiger partial charge in [-0.15, -0.1) is 0 Å². The third-order valence-corrected chi connectivity index (χ3v) is 3.99. The molecule has 7 nitrogen and oxygen atoms in total. The van der Waals surface area contributed by atoms with Gasteiger partial charge in [0.15, 0.2) is 5.96 Å². The number of nitrogens with one attached hydrogen (secondary N) is 3. The molecule has 0 fully saturated rings. The predicted molar refractivity (Wildman–Crippen MR) is 111 cm³/mol. The van der Waals surface area contributed by atoms with E-state index in [-0.39, 0.29) is 5.91 Å². The average Bonchev–Trinajstić information content (AvgIpc) is 2.67. The van der Waals surface area contributed by atoms with E-state index in [1.165, 1.54) is 0 Å². The Morgan fingerprint density at radius 2 is 1.78 bits per heavy atom. The maximum absolute atomic E-state index is 11.8. The molecule has 27 heavy (non-hydrogen) atoms. The molecule has 0 heterocycles. The van der Waals surface area contributed by atoms with Crippen molar-refractivity contribution >= 4 is 11.9 Å². The highest BCUT2D eigenvalue weighted by Crippen LogP contribution is 2.05. The van der Waals surface area contributed by atoms with Crippen molar-refractivity contribution in [1.29, 1.82) is 0 Å². The van der Waals surface area contributed by atoms with E-state index in [9.17, 15) is 4.79 Å². The molecule has 3 N–H and O–H groups in total. The van der Waals surface area contributed by atoms with Crippen molar-refractivity contribution in [2.24, 2.45) is 4.99 Å². The summed E-state index contributed by atoms with van der Waals surface area (Å²) in [5.41, 5.74) is 1.74. The third kappa shape index (κ3) is 9.96. The summed E-state index contributed by atoms with van der Waals surface area (Å²) >= 11 is 0. The van der Waals surface area contributed by atoms with Gasteiger partial charge in [0.25, 0.3) is 5.91 Å². The van der Waals surface area contributed by atoms with Crippen LogP contribution in [0.2, 0.25) is 0 Å². The van der Waals surface area contributed by atoms with E-state index in [4.69, 9.17) is 4.74 Å². The van der Waals surface area contributed by atoms with Gasteiger partial charge in [0.2, 0.25) is 0 Å². The molecule has 0 aliphatic carbocycles. The second kappa shape index (κ2) is 14.0. The Kier molecular flexibility index (Phi) is 11.9. The number of amides is 1. The summed E-state index contributed by atoms with van der Waals surface area (Å²) in [5, 5.41) is 9.42. The molecular weight excluding hydrogens is 342 g/mol. The van der Waals surface area contributed by atoms with Crippen molar-refractivity contribution in [2.45, 2.75) is 26.8 Å². The van der Waals surface area contributed by atoms with Crippen molar-refractivity contribution in [3.05, 3.63) is 35.4 Å². The first kappa shape index (κ1) is 22.9. The SMILES string of the molecule is CCNC(=O)c1ccc(CN=C(NCC)NCCN(C)CCCOC)cc1. The van der Waals surface area contributed by atoms with Crippen molar-refractivity contribution in [3.8, 4) is 0 Å². The Bertz CT molecular complexity index is 560. The molecule has 7 heteroatoms. The molecule has 152 valence electrons. The Morgan fingerprint density at radius 1 is 1.07 bits per heavy atom. The molecule has 0 atom stereocenters. The first-order valence-electron chi connectivity index (χ1n) is 9.67. The van der Waals surface area contributed by atoms with Crippen LogP contribution in [0.4, 0.5) is 0 Å². The number of ether oxygens (including phenoxy) is 1. The van der Waals surface area contributed by atoms with Crippen molar-refractivity contribution < 1.29 is 9.53 Å². The normalized spacial score (nSPS) is 11.5. The number of hydrogen-bond acceptors (Lipinski definition) is 4. The second-order valence-corrected chi connectivity index (χ2v) is 6.33. The number of hydrogen-bond donors (Lipinski definition) is 3. The van der Waals surface area contributed by atoms with Gasteiger partial charge in [-0.25, -0.2) is 4.99 Å². The minimum Gasteiger partial charge on any atom is -0.385 e. The van der Waals surface area contributed by atoms with Crippen LogP contribution in [0.25, 0.3) is 0 Å². The molecule has 0 aromatic heterocycles. The topological polar surface area (TPSA) is 78.0 Å². The van der Waals surface area contributed by atoms with Crippen LogP contribution in [0.15, 0.2) is 29.3 Å². The van der Waals surface area contributed by atoms with E-state index in [2.05, 4.69) is 39.8 Å². The zero-order valence-electron chi connectivity index (χ0n) is 17.2. The van der Waals surface area contributed by atoms with Crippen LogP contribution in [0, 0.1) is 0 Å². The molecule has 0 aliphatic heterocycles. The summed E-state index contributed by atoms with van der Waals surface area (Å²) < 4.78 is 5.08. The first-order chi connectivity index (χ1) is 13.1. The van der Waals surface area contributed by atoms with E-state index in [0.717, 1.165) is 50.7 Å². The highest BCUT2D eigenvalue weighted by atomic mass is 16.5. The second-order valence-electron chi connectivity index (χ2n) is 6.33. The summed E-state index contributed by atoms with van der Waals surface area (Å²) in [6, 6.07) is 7.57. The molecule has 0 saturated heterocycles. The van der Waals surface area contributed by atoms with Gasteiger partial charge >= 0.3 is 0 Å². The summed E-state index contributed by atoms with van der Waals surface area (Å²) in [6.07, 6.45) is 1.04. The highest BCUT2D eigenvalue weighted by Gasteiger charge is 2.04. The average molecular weight is 378 g/mol. The molecule has 1 aromatic carbocycles. The molecule has 0 aliphatic rings. The minimum atomic E-state index is -0.0443. The summed E-state index contributed by atoms with van der Waals surface area (Å²) in [4.78, 5) is 18.7. The molecular formula is C20H35N5O2. The number of carbonyl (C=O) groups excluding carboxylic acids is 1. The number of nitrogens with zero attached hydrogens (tertiary/aromatic N) is 2. The molecule has 0 spiro atoms. The van der Waals surface area contributed by atoms with Gasteiger partial charge in [0.1, 0.15) is 0 Å². The maximum atomic E-state index is 11.8. The van der Waals surface area contributed by atoms with Gasteiger partial charge in [0.05, 0.1) is 6.54 Å². The number of methoxy groups -OCH3 is 1. The van der Waals surface area contributed by atoms with Crippen molar-refractivity contribution in [2.75, 3.05) is 53.5 Å². The fourth-order valence-corrected chi connectivity index (χ4v) is 2.49. The van der Waals surface area contributed by atoms with E-state index in [0.29, 0.717) is 18.7 Å². The van der Waals surface area contributed by atoms with E-state index >= 15 is 0 Å². The maximum Gasteiger partial charge on any atom is 0.251 e. The lowest BCUT2D eigenvalue weighted by atomic mass is 10.1. The Hall–Kier alpha value is -2.12. The lowest BCUT2D eigenvalue weighted by Gasteiger charge is -2.18. The standard InChI is InChI=1S/C20H35N5O2/c1-5-21-19(26)18-10-8-17(9-11-18)16-24-20(22-6-2)23-12-14-25(3)13-7-15-27-4/h8-11H,5-7,12-16H2,1-4H3,(H,21,26)(H2,22,23,24). The molecule has 0 bridgehead atoms. The fraction of sp³-hybridized carbons (Fsp3) is 0.600. The van der Waals surface area contributed by atoms with Crippen molar-refractivity contribution in [3.63, 3.8) is 0 Å². The quantitative estimate of drug-likeness (QED) is 0.292. The van der Waals surface area contributed by atoms with E-state index in [1.807, 2.05) is 31.2 Å². The minimum absolute atomic E-state index is 0.0443. The summed E-state index contributed by atoms with van der Waals surface area (Å²) in [6.45, 7) is 9.54. The van der Waals surface area contributed by atoms with Crippen LogP contribution in [0.3, 0.4) is 0 Å². The smallest absolute Gasteiger partial charge is 0.251 e. The van der Waals surface area contributed by atoms with Gasteiger partial charge in [-0.1, -0.05) is 12.1 Å². The summed E-state index contributed by atoms with van der Waals surface area (Å²) in [5.74, 6) is 0.757. The zero-order valence-corrected chi connectivity index (χ0v) is 17.2. The van der Waals surface area contributed by atoms with E-state index < -0.39 is 0 Å². The highest BCUT2D eigenvalue weighted by molar-refractivity contribution is 5.94. The fourth-order valence-electron chi connectivity index (χ4n) is 2.49. The van der Waals surface area contributed by atoms with Crippen LogP contribution < -0.4 is 16.0 Å². The number of carbonyl (C=O) groups is 1. The van der Waals surface area contributed by atoms with Crippen LogP contribution >= 0.6 is 0 Å². The largest absolute Gasteiger partial charge is 0.385 e. The Morgan fingerprint density at radius 3 is 2.41 bits per heavy atom. The van der Waals surface area contributed by atoms with Gasteiger partial charge in [-0.05, 0) is 45.0 Å². The zero-order chi connectivity index (χ0) is 19.9. The predicted octanol–water partition coefficient (Wildman–Crippen LogP) is 1.46. The molecule has 1 aromatic rings. The molecule has 0 unspecified atom stereocenters. The third-order valence-electron chi connectivity index (χ3n) is 3.99. The molecule has 0 saturated carbocycles. The van der Waals surface area contributed by atoms with Gasteiger partial charge in [-0.3, -0.25) is 4.79 Å². The Labute approximate surface area is 163 Å². The van der Waals surface area contributed by atoms with Crippen LogP contribution in [-0.4, -0.2) is 70.3 Å². The number of rotatable bonds is 12. The van der Waals surface area contributed by atoms with Gasteiger partial charge in [-0.2, -0.15) is 0 Å². The Balaban J connectivity index is 2.47. The lowest BCUT2D eigenvalue weighted by molar-refractivity contribution is 0.0956. The lowest BCUT2D eigenvalue weighted by Crippen LogP contribution is -2.41.